The molecule has 2 aromatic heterocycles. The second-order valence-corrected chi connectivity index (χ2v) is 3.91. The predicted molar refractivity (Wildman–Crippen MR) is 66.9 cm³/mol. The van der Waals surface area contributed by atoms with Crippen LogP contribution in [-0.2, 0) is 0 Å². The summed E-state index contributed by atoms with van der Waals surface area (Å²) in [6.45, 7) is 0. The number of carbonyl (C=O) groups excluding carboxylic acids is 1. The Kier molecular flexibility index (Phi) is 2.30. The van der Waals surface area contributed by atoms with E-state index >= 15 is 0 Å². The van der Waals surface area contributed by atoms with Gasteiger partial charge in [-0.1, -0.05) is 30.3 Å². The van der Waals surface area contributed by atoms with E-state index < -0.39 is 5.91 Å². The minimum Gasteiger partial charge on any atom is -0.366 e. The van der Waals surface area contributed by atoms with Gasteiger partial charge in [-0.25, -0.2) is 9.50 Å². The van der Waals surface area contributed by atoms with Crippen LogP contribution in [0.25, 0.3) is 16.9 Å². The average molecular weight is 238 g/mol. The van der Waals surface area contributed by atoms with Crippen molar-refractivity contribution >= 4 is 11.6 Å². The molecule has 3 aromatic rings. The van der Waals surface area contributed by atoms with Crippen LogP contribution in [0.5, 0.6) is 0 Å². The van der Waals surface area contributed by atoms with Gasteiger partial charge in [0.15, 0.2) is 5.65 Å². The second kappa shape index (κ2) is 3.96. The Hall–Kier alpha value is -2.69. The van der Waals surface area contributed by atoms with Crippen molar-refractivity contribution in [3.63, 3.8) is 0 Å². The lowest BCUT2D eigenvalue weighted by Gasteiger charge is -1.95. The lowest BCUT2D eigenvalue weighted by Crippen LogP contribution is -2.12. The van der Waals surface area contributed by atoms with Gasteiger partial charge in [-0.15, -0.1) is 0 Å². The van der Waals surface area contributed by atoms with Crippen molar-refractivity contribution in [3.8, 4) is 11.3 Å². The standard InChI is InChI=1S/C13H10N4O/c14-13(18)10-7-15-12-6-11(16-17(12)8-10)9-4-2-1-3-5-9/h1-8H,(H2,14,18). The van der Waals surface area contributed by atoms with E-state index in [2.05, 4.69) is 10.1 Å². The van der Waals surface area contributed by atoms with Crippen LogP contribution in [0.15, 0.2) is 48.8 Å². The molecule has 2 N–H and O–H groups in total. The highest BCUT2D eigenvalue weighted by Crippen LogP contribution is 2.18. The number of primary amides is 1. The summed E-state index contributed by atoms with van der Waals surface area (Å²) in [5.41, 5.74) is 8.03. The Morgan fingerprint density at radius 2 is 2.00 bits per heavy atom. The summed E-state index contributed by atoms with van der Waals surface area (Å²) in [5.74, 6) is -0.513. The number of fused-ring (bicyclic) bond motifs is 1. The van der Waals surface area contributed by atoms with E-state index in [0.717, 1.165) is 11.3 Å². The van der Waals surface area contributed by atoms with Gasteiger partial charge in [0.25, 0.3) is 5.91 Å². The maximum atomic E-state index is 11.1. The van der Waals surface area contributed by atoms with Crippen molar-refractivity contribution in [2.75, 3.05) is 0 Å². The Balaban J connectivity index is 2.14. The summed E-state index contributed by atoms with van der Waals surface area (Å²) in [4.78, 5) is 15.2. The van der Waals surface area contributed by atoms with E-state index in [4.69, 9.17) is 5.73 Å². The van der Waals surface area contributed by atoms with Gasteiger partial charge in [0.2, 0.25) is 0 Å². The number of hydrogen-bond donors (Lipinski definition) is 1. The van der Waals surface area contributed by atoms with E-state index in [-0.39, 0.29) is 0 Å². The molecule has 0 aliphatic heterocycles. The molecule has 1 amide bonds. The van der Waals surface area contributed by atoms with E-state index in [1.165, 1.54) is 6.20 Å². The number of amides is 1. The summed E-state index contributed by atoms with van der Waals surface area (Å²) >= 11 is 0. The third kappa shape index (κ3) is 1.71. The fourth-order valence-corrected chi connectivity index (χ4v) is 1.75. The zero-order chi connectivity index (χ0) is 12.5. The number of rotatable bonds is 2. The van der Waals surface area contributed by atoms with E-state index in [9.17, 15) is 4.79 Å². The van der Waals surface area contributed by atoms with Crippen LogP contribution in [-0.4, -0.2) is 20.5 Å². The number of hydrogen-bond acceptors (Lipinski definition) is 3. The first kappa shape index (κ1) is 10.5. The SMILES string of the molecule is NC(=O)c1cnc2cc(-c3ccccc3)nn2c1. The molecule has 5 heteroatoms. The van der Waals surface area contributed by atoms with Gasteiger partial charge in [0.05, 0.1) is 11.3 Å². The number of nitrogens with zero attached hydrogens (tertiary/aromatic N) is 3. The van der Waals surface area contributed by atoms with Crippen molar-refractivity contribution in [1.29, 1.82) is 0 Å². The number of nitrogens with two attached hydrogens (primary N) is 1. The Bertz CT molecular complexity index is 718. The Morgan fingerprint density at radius 1 is 1.22 bits per heavy atom. The molecule has 1 aromatic carbocycles. The molecule has 0 fully saturated rings. The number of carbonyl (C=O) groups is 1. The largest absolute Gasteiger partial charge is 0.366 e. The molecule has 0 aliphatic rings. The van der Waals surface area contributed by atoms with E-state index in [1.54, 1.807) is 10.7 Å². The zero-order valence-corrected chi connectivity index (χ0v) is 9.45. The highest BCUT2D eigenvalue weighted by atomic mass is 16.1. The summed E-state index contributed by atoms with van der Waals surface area (Å²) in [7, 11) is 0. The molecule has 18 heavy (non-hydrogen) atoms. The molecule has 0 bridgehead atoms. The van der Waals surface area contributed by atoms with Gasteiger partial charge in [-0.3, -0.25) is 4.79 Å². The third-order valence-corrected chi connectivity index (χ3v) is 2.67. The maximum absolute atomic E-state index is 11.1. The van der Waals surface area contributed by atoms with Gasteiger partial charge >= 0.3 is 0 Å². The molecule has 5 nitrogen and oxygen atoms in total. The molecular weight excluding hydrogens is 228 g/mol. The minimum absolute atomic E-state index is 0.338. The molecule has 0 unspecified atom stereocenters. The van der Waals surface area contributed by atoms with Crippen molar-refractivity contribution in [3.05, 3.63) is 54.4 Å². The first-order chi connectivity index (χ1) is 8.74. The average Bonchev–Trinajstić information content (AvgIpc) is 2.82. The van der Waals surface area contributed by atoms with Crippen LogP contribution in [0.4, 0.5) is 0 Å². The number of benzene rings is 1. The smallest absolute Gasteiger partial charge is 0.251 e. The molecule has 3 rings (SSSR count). The van der Waals surface area contributed by atoms with Gasteiger partial charge in [0, 0.05) is 24.0 Å². The summed E-state index contributed by atoms with van der Waals surface area (Å²) in [6.07, 6.45) is 3.03. The van der Waals surface area contributed by atoms with Gasteiger partial charge < -0.3 is 5.73 Å². The summed E-state index contributed by atoms with van der Waals surface area (Å²) in [6, 6.07) is 11.6. The fraction of sp³-hybridized carbons (Fsp3) is 0. The topological polar surface area (TPSA) is 73.3 Å². The highest BCUT2D eigenvalue weighted by Gasteiger charge is 2.07. The summed E-state index contributed by atoms with van der Waals surface area (Å²) in [5, 5.41) is 4.37. The minimum atomic E-state index is -0.513. The molecular formula is C13H10N4O. The lowest BCUT2D eigenvalue weighted by atomic mass is 10.2. The molecule has 0 aliphatic carbocycles. The molecule has 0 radical (unpaired) electrons. The van der Waals surface area contributed by atoms with Crippen LogP contribution in [0.1, 0.15) is 10.4 Å². The molecule has 0 saturated carbocycles. The Labute approximate surface area is 103 Å². The number of aromatic nitrogens is 3. The molecule has 2 heterocycles. The van der Waals surface area contributed by atoms with Crippen LogP contribution in [0.2, 0.25) is 0 Å². The van der Waals surface area contributed by atoms with Crippen LogP contribution in [0, 0.1) is 0 Å². The second-order valence-electron chi connectivity index (χ2n) is 3.91. The van der Waals surface area contributed by atoms with Crippen molar-refractivity contribution < 1.29 is 4.79 Å². The lowest BCUT2D eigenvalue weighted by molar-refractivity contribution is 0.0999. The summed E-state index contributed by atoms with van der Waals surface area (Å²) < 4.78 is 1.56. The van der Waals surface area contributed by atoms with Crippen molar-refractivity contribution in [1.82, 2.24) is 14.6 Å². The van der Waals surface area contributed by atoms with Crippen LogP contribution in [0.3, 0.4) is 0 Å². The molecule has 0 saturated heterocycles. The van der Waals surface area contributed by atoms with Gasteiger partial charge in [-0.05, 0) is 0 Å². The first-order valence-corrected chi connectivity index (χ1v) is 5.45. The quantitative estimate of drug-likeness (QED) is 0.735. The van der Waals surface area contributed by atoms with Gasteiger partial charge in [-0.2, -0.15) is 5.10 Å². The fourth-order valence-electron chi connectivity index (χ4n) is 1.75. The van der Waals surface area contributed by atoms with E-state index in [1.807, 2.05) is 36.4 Å². The monoisotopic (exact) mass is 238 g/mol. The van der Waals surface area contributed by atoms with Gasteiger partial charge in [0.1, 0.15) is 0 Å². The third-order valence-electron chi connectivity index (χ3n) is 2.67. The van der Waals surface area contributed by atoms with E-state index in [0.29, 0.717) is 11.2 Å². The first-order valence-electron chi connectivity index (χ1n) is 5.45. The van der Waals surface area contributed by atoms with Crippen molar-refractivity contribution in [2.24, 2.45) is 5.73 Å². The Morgan fingerprint density at radius 3 is 2.72 bits per heavy atom. The molecule has 0 atom stereocenters. The molecule has 88 valence electrons. The molecule has 0 spiro atoms. The van der Waals surface area contributed by atoms with Crippen molar-refractivity contribution in [2.45, 2.75) is 0 Å². The predicted octanol–water partition coefficient (Wildman–Crippen LogP) is 1.50. The van der Waals surface area contributed by atoms with Crippen LogP contribution < -0.4 is 5.73 Å². The van der Waals surface area contributed by atoms with Crippen LogP contribution >= 0.6 is 0 Å². The maximum Gasteiger partial charge on any atom is 0.251 e. The normalized spacial score (nSPS) is 10.7. The zero-order valence-electron chi connectivity index (χ0n) is 9.45. The highest BCUT2D eigenvalue weighted by molar-refractivity contribution is 5.92.